The lowest BCUT2D eigenvalue weighted by Gasteiger charge is -2.25. The molecule has 2 unspecified atom stereocenters. The number of fused-ring (bicyclic) bond motifs is 1. The third kappa shape index (κ3) is 4.06. The molecule has 5 heteroatoms. The van der Waals surface area contributed by atoms with Gasteiger partial charge < -0.3 is 10.2 Å². The summed E-state index contributed by atoms with van der Waals surface area (Å²) in [5.41, 5.74) is 2.54. The van der Waals surface area contributed by atoms with E-state index in [2.05, 4.69) is 48.4 Å². The number of hydrogen-bond donors (Lipinski definition) is 1. The first kappa shape index (κ1) is 20.1. The van der Waals surface area contributed by atoms with Gasteiger partial charge in [0.1, 0.15) is 11.8 Å². The van der Waals surface area contributed by atoms with E-state index in [1.165, 1.54) is 5.56 Å². The van der Waals surface area contributed by atoms with Crippen molar-refractivity contribution in [1.29, 1.82) is 0 Å². The molecule has 3 atom stereocenters. The zero-order valence-corrected chi connectivity index (χ0v) is 17.6. The fourth-order valence-corrected chi connectivity index (χ4v) is 3.99. The van der Waals surface area contributed by atoms with E-state index in [-0.39, 0.29) is 29.9 Å². The molecule has 0 spiro atoms. The zero-order valence-electron chi connectivity index (χ0n) is 17.6. The van der Waals surface area contributed by atoms with Gasteiger partial charge in [0, 0.05) is 23.9 Å². The molecule has 0 saturated heterocycles. The Labute approximate surface area is 177 Å². The maximum atomic E-state index is 13.1. The molecule has 1 aliphatic heterocycles. The fraction of sp³-hybridized carbons (Fsp3) is 0.320. The standard InChI is InChI=1S/C25H27N3O2/c1-16(2)22(23-17(3)21(30-28-23)15-18-9-5-4-6-10-18)27-25(29)24-20-12-8-7-11-19(20)13-14-26-24/h4-14,16-17,21-22H,15H2,1-3H3,(H,27,29)/t17?,21?,22-/m0/s1. The highest BCUT2D eigenvalue weighted by molar-refractivity contribution is 6.07. The number of hydrogen-bond acceptors (Lipinski definition) is 4. The van der Waals surface area contributed by atoms with E-state index in [4.69, 9.17) is 4.84 Å². The minimum atomic E-state index is -0.214. The van der Waals surface area contributed by atoms with Gasteiger partial charge in [-0.05, 0) is 22.9 Å². The summed E-state index contributed by atoms with van der Waals surface area (Å²) in [5, 5.41) is 9.42. The topological polar surface area (TPSA) is 63.6 Å². The number of carbonyl (C=O) groups is 1. The third-order valence-corrected chi connectivity index (χ3v) is 5.76. The summed E-state index contributed by atoms with van der Waals surface area (Å²) in [4.78, 5) is 23.3. The molecule has 2 aromatic carbocycles. The molecule has 0 saturated carbocycles. The lowest BCUT2D eigenvalue weighted by atomic mass is 9.86. The first-order valence-electron chi connectivity index (χ1n) is 10.5. The van der Waals surface area contributed by atoms with Crippen LogP contribution in [0.1, 0.15) is 36.8 Å². The van der Waals surface area contributed by atoms with Gasteiger partial charge in [0.15, 0.2) is 0 Å². The Hall–Kier alpha value is -3.21. The molecule has 0 aliphatic carbocycles. The fourth-order valence-electron chi connectivity index (χ4n) is 3.99. The molecule has 4 rings (SSSR count). The van der Waals surface area contributed by atoms with Crippen LogP contribution in [0.15, 0.2) is 72.0 Å². The predicted molar refractivity (Wildman–Crippen MR) is 119 cm³/mol. The number of pyridine rings is 1. The number of nitrogens with zero attached hydrogens (tertiary/aromatic N) is 2. The van der Waals surface area contributed by atoms with E-state index < -0.39 is 0 Å². The van der Waals surface area contributed by atoms with Crippen molar-refractivity contribution in [3.8, 4) is 0 Å². The molecule has 154 valence electrons. The number of nitrogens with one attached hydrogen (secondary N) is 1. The van der Waals surface area contributed by atoms with Gasteiger partial charge in [0.05, 0.1) is 11.8 Å². The summed E-state index contributed by atoms with van der Waals surface area (Å²) in [6, 6.07) is 19.8. The Morgan fingerprint density at radius 3 is 2.57 bits per heavy atom. The van der Waals surface area contributed by atoms with Gasteiger partial charge in [-0.2, -0.15) is 0 Å². The van der Waals surface area contributed by atoms with Crippen LogP contribution in [0.4, 0.5) is 0 Å². The molecule has 1 aromatic heterocycles. The molecule has 30 heavy (non-hydrogen) atoms. The minimum absolute atomic E-state index is 0.0313. The van der Waals surface area contributed by atoms with Gasteiger partial charge >= 0.3 is 0 Å². The van der Waals surface area contributed by atoms with Crippen LogP contribution in [-0.2, 0) is 11.3 Å². The first-order valence-corrected chi connectivity index (χ1v) is 10.5. The second-order valence-corrected chi connectivity index (χ2v) is 8.21. The van der Waals surface area contributed by atoms with Crippen molar-refractivity contribution in [1.82, 2.24) is 10.3 Å². The Morgan fingerprint density at radius 2 is 1.80 bits per heavy atom. The van der Waals surface area contributed by atoms with Gasteiger partial charge in [0.2, 0.25) is 0 Å². The number of benzene rings is 2. The average molecular weight is 402 g/mol. The largest absolute Gasteiger partial charge is 0.391 e. The van der Waals surface area contributed by atoms with E-state index in [1.54, 1.807) is 6.20 Å². The molecule has 0 fully saturated rings. The van der Waals surface area contributed by atoms with Crippen LogP contribution < -0.4 is 5.32 Å². The van der Waals surface area contributed by atoms with E-state index in [1.807, 2.05) is 48.5 Å². The van der Waals surface area contributed by atoms with Crippen molar-refractivity contribution in [2.75, 3.05) is 0 Å². The van der Waals surface area contributed by atoms with Crippen LogP contribution in [0, 0.1) is 11.8 Å². The maximum Gasteiger partial charge on any atom is 0.271 e. The minimum Gasteiger partial charge on any atom is -0.391 e. The molecular weight excluding hydrogens is 374 g/mol. The van der Waals surface area contributed by atoms with Gasteiger partial charge in [-0.25, -0.2) is 0 Å². The van der Waals surface area contributed by atoms with Crippen LogP contribution in [0.5, 0.6) is 0 Å². The summed E-state index contributed by atoms with van der Waals surface area (Å²) in [5.74, 6) is 0.0921. The van der Waals surface area contributed by atoms with Gasteiger partial charge in [0.25, 0.3) is 5.91 Å². The molecule has 5 nitrogen and oxygen atoms in total. The number of carbonyl (C=O) groups excluding carboxylic acids is 1. The summed E-state index contributed by atoms with van der Waals surface area (Å²) in [6.45, 7) is 6.29. The van der Waals surface area contributed by atoms with E-state index in [0.717, 1.165) is 22.9 Å². The second-order valence-electron chi connectivity index (χ2n) is 8.21. The highest BCUT2D eigenvalue weighted by Gasteiger charge is 2.37. The highest BCUT2D eigenvalue weighted by Crippen LogP contribution is 2.26. The highest BCUT2D eigenvalue weighted by atomic mass is 16.6. The third-order valence-electron chi connectivity index (χ3n) is 5.76. The quantitative estimate of drug-likeness (QED) is 0.655. The molecule has 3 aromatic rings. The summed E-state index contributed by atoms with van der Waals surface area (Å²) in [7, 11) is 0. The van der Waals surface area contributed by atoms with Crippen molar-refractivity contribution in [3.05, 3.63) is 78.1 Å². The molecule has 0 radical (unpaired) electrons. The van der Waals surface area contributed by atoms with Gasteiger partial charge in [-0.3, -0.25) is 9.78 Å². The zero-order chi connectivity index (χ0) is 21.1. The summed E-state index contributed by atoms with van der Waals surface area (Å²) >= 11 is 0. The molecule has 1 amide bonds. The van der Waals surface area contributed by atoms with Gasteiger partial charge in [-0.15, -0.1) is 0 Å². The first-order chi connectivity index (χ1) is 14.5. The van der Waals surface area contributed by atoms with Crippen LogP contribution >= 0.6 is 0 Å². The Kier molecular flexibility index (Phi) is 5.79. The van der Waals surface area contributed by atoms with E-state index >= 15 is 0 Å². The molecule has 2 heterocycles. The van der Waals surface area contributed by atoms with Crippen molar-refractivity contribution < 1.29 is 9.63 Å². The van der Waals surface area contributed by atoms with Crippen molar-refractivity contribution in [3.63, 3.8) is 0 Å². The number of rotatable bonds is 6. The van der Waals surface area contributed by atoms with Crippen molar-refractivity contribution >= 4 is 22.4 Å². The Morgan fingerprint density at radius 1 is 1.07 bits per heavy atom. The molecule has 1 N–H and O–H groups in total. The van der Waals surface area contributed by atoms with Crippen molar-refractivity contribution in [2.24, 2.45) is 17.0 Å². The summed E-state index contributed by atoms with van der Waals surface area (Å²) in [6.07, 6.45) is 2.44. The summed E-state index contributed by atoms with van der Waals surface area (Å²) < 4.78 is 0. The lowest BCUT2D eigenvalue weighted by molar-refractivity contribution is 0.0660. The van der Waals surface area contributed by atoms with Crippen LogP contribution in [-0.4, -0.2) is 28.7 Å². The van der Waals surface area contributed by atoms with Crippen LogP contribution in [0.2, 0.25) is 0 Å². The van der Waals surface area contributed by atoms with Crippen molar-refractivity contribution in [2.45, 2.75) is 39.3 Å². The van der Waals surface area contributed by atoms with E-state index in [9.17, 15) is 4.79 Å². The Balaban J connectivity index is 1.52. The smallest absolute Gasteiger partial charge is 0.271 e. The van der Waals surface area contributed by atoms with Crippen LogP contribution in [0.25, 0.3) is 10.8 Å². The number of amides is 1. The Bertz CT molecular complexity index is 1060. The van der Waals surface area contributed by atoms with Crippen LogP contribution in [0.3, 0.4) is 0 Å². The SMILES string of the molecule is CC1C([C@@H](NC(=O)c2nccc3ccccc23)C(C)C)=NOC1Cc1ccccc1. The monoisotopic (exact) mass is 401 g/mol. The van der Waals surface area contributed by atoms with Gasteiger partial charge in [-0.1, -0.05) is 80.5 Å². The normalized spacial score (nSPS) is 19.4. The maximum absolute atomic E-state index is 13.1. The second kappa shape index (κ2) is 8.66. The lowest BCUT2D eigenvalue weighted by Crippen LogP contribution is -2.47. The molecule has 1 aliphatic rings. The molecule has 0 bridgehead atoms. The molecular formula is C25H27N3O2. The predicted octanol–water partition coefficient (Wildman–Crippen LogP) is 4.62. The number of aromatic nitrogens is 1. The average Bonchev–Trinajstić information content (AvgIpc) is 3.11. The van der Waals surface area contributed by atoms with E-state index in [0.29, 0.717) is 5.69 Å². The number of oxime groups is 1.